The summed E-state index contributed by atoms with van der Waals surface area (Å²) in [5, 5.41) is 4.00. The standard InChI is InChI=1S/C15H15N3O/c1-11-15(12(2)19-17-11)14-8-16-10-18(14)9-13-6-4-3-5-7-13/h3-8,10H,9H2,1-2H3. The highest BCUT2D eigenvalue weighted by atomic mass is 16.5. The van der Waals surface area contributed by atoms with Gasteiger partial charge in [-0.15, -0.1) is 0 Å². The van der Waals surface area contributed by atoms with Gasteiger partial charge in [-0.3, -0.25) is 0 Å². The molecule has 2 heterocycles. The molecule has 4 nitrogen and oxygen atoms in total. The molecule has 0 radical (unpaired) electrons. The van der Waals surface area contributed by atoms with Crippen LogP contribution < -0.4 is 0 Å². The van der Waals surface area contributed by atoms with Gasteiger partial charge in [0, 0.05) is 6.54 Å². The number of aryl methyl sites for hydroxylation is 2. The zero-order valence-electron chi connectivity index (χ0n) is 11.0. The summed E-state index contributed by atoms with van der Waals surface area (Å²) in [5.41, 5.74) is 4.22. The van der Waals surface area contributed by atoms with E-state index in [1.165, 1.54) is 5.56 Å². The monoisotopic (exact) mass is 253 g/mol. The highest BCUT2D eigenvalue weighted by Crippen LogP contribution is 2.26. The number of rotatable bonds is 3. The summed E-state index contributed by atoms with van der Waals surface area (Å²) in [6, 6.07) is 10.3. The van der Waals surface area contributed by atoms with E-state index in [0.717, 1.165) is 29.3 Å². The Hall–Kier alpha value is -2.36. The van der Waals surface area contributed by atoms with Gasteiger partial charge in [-0.25, -0.2) is 4.98 Å². The molecule has 96 valence electrons. The largest absolute Gasteiger partial charge is 0.361 e. The fourth-order valence-electron chi connectivity index (χ4n) is 2.28. The van der Waals surface area contributed by atoms with Crippen LogP contribution in [0.2, 0.25) is 0 Å². The van der Waals surface area contributed by atoms with Crippen LogP contribution in [0.15, 0.2) is 47.4 Å². The molecule has 4 heteroatoms. The lowest BCUT2D eigenvalue weighted by Gasteiger charge is -2.07. The van der Waals surface area contributed by atoms with Crippen LogP contribution >= 0.6 is 0 Å². The van der Waals surface area contributed by atoms with Gasteiger partial charge in [0.2, 0.25) is 0 Å². The molecule has 0 atom stereocenters. The molecule has 0 fully saturated rings. The van der Waals surface area contributed by atoms with Gasteiger partial charge in [-0.1, -0.05) is 35.5 Å². The van der Waals surface area contributed by atoms with Crippen LogP contribution in [0.3, 0.4) is 0 Å². The van der Waals surface area contributed by atoms with Crippen molar-refractivity contribution in [3.63, 3.8) is 0 Å². The minimum atomic E-state index is 0.792. The first kappa shape index (κ1) is 11.7. The van der Waals surface area contributed by atoms with Gasteiger partial charge in [-0.2, -0.15) is 0 Å². The van der Waals surface area contributed by atoms with Crippen LogP contribution in [0, 0.1) is 13.8 Å². The molecule has 0 saturated heterocycles. The van der Waals surface area contributed by atoms with E-state index in [2.05, 4.69) is 26.8 Å². The van der Waals surface area contributed by atoms with Crippen LogP contribution in [-0.4, -0.2) is 14.7 Å². The van der Waals surface area contributed by atoms with Gasteiger partial charge in [0.25, 0.3) is 0 Å². The Kier molecular flexibility index (Phi) is 2.91. The number of benzene rings is 1. The molecule has 0 spiro atoms. The number of imidazole rings is 1. The van der Waals surface area contributed by atoms with Crippen LogP contribution in [0.5, 0.6) is 0 Å². The van der Waals surface area contributed by atoms with Crippen molar-refractivity contribution in [2.75, 3.05) is 0 Å². The Labute approximate surface area is 111 Å². The lowest BCUT2D eigenvalue weighted by Crippen LogP contribution is -2.00. The summed E-state index contributed by atoms with van der Waals surface area (Å²) < 4.78 is 7.35. The van der Waals surface area contributed by atoms with Gasteiger partial charge >= 0.3 is 0 Å². The van der Waals surface area contributed by atoms with Gasteiger partial charge in [0.1, 0.15) is 5.76 Å². The van der Waals surface area contributed by atoms with Crippen LogP contribution in [-0.2, 0) is 6.54 Å². The molecule has 0 bridgehead atoms. The molecule has 1 aromatic carbocycles. The summed E-state index contributed by atoms with van der Waals surface area (Å²) in [5.74, 6) is 0.826. The molecule has 3 aromatic rings. The van der Waals surface area contributed by atoms with Gasteiger partial charge in [0.05, 0.1) is 29.5 Å². The topological polar surface area (TPSA) is 43.9 Å². The van der Waals surface area contributed by atoms with E-state index >= 15 is 0 Å². The predicted molar refractivity (Wildman–Crippen MR) is 72.7 cm³/mol. The smallest absolute Gasteiger partial charge is 0.143 e. The Morgan fingerprint density at radius 3 is 2.63 bits per heavy atom. The predicted octanol–water partition coefficient (Wildman–Crippen LogP) is 3.20. The average Bonchev–Trinajstić information content (AvgIpc) is 2.98. The average molecular weight is 253 g/mol. The Morgan fingerprint density at radius 1 is 1.16 bits per heavy atom. The van der Waals surface area contributed by atoms with Gasteiger partial charge < -0.3 is 9.09 Å². The first-order valence-corrected chi connectivity index (χ1v) is 6.23. The first-order valence-electron chi connectivity index (χ1n) is 6.23. The fourth-order valence-corrected chi connectivity index (χ4v) is 2.28. The van der Waals surface area contributed by atoms with Crippen molar-refractivity contribution in [2.24, 2.45) is 0 Å². The van der Waals surface area contributed by atoms with Crippen molar-refractivity contribution in [2.45, 2.75) is 20.4 Å². The summed E-state index contributed by atoms with van der Waals surface area (Å²) in [6.45, 7) is 4.67. The van der Waals surface area contributed by atoms with E-state index < -0.39 is 0 Å². The van der Waals surface area contributed by atoms with Crippen molar-refractivity contribution >= 4 is 0 Å². The lowest BCUT2D eigenvalue weighted by atomic mass is 10.1. The molecule has 0 aliphatic rings. The second-order valence-corrected chi connectivity index (χ2v) is 4.59. The first-order chi connectivity index (χ1) is 9.25. The maximum Gasteiger partial charge on any atom is 0.143 e. The number of aromatic nitrogens is 3. The number of hydrogen-bond donors (Lipinski definition) is 0. The van der Waals surface area contributed by atoms with Crippen LogP contribution in [0.25, 0.3) is 11.3 Å². The molecular formula is C15H15N3O. The van der Waals surface area contributed by atoms with E-state index in [9.17, 15) is 0 Å². The maximum absolute atomic E-state index is 5.23. The van der Waals surface area contributed by atoms with E-state index in [1.54, 1.807) is 0 Å². The molecule has 2 aromatic heterocycles. The second kappa shape index (κ2) is 4.72. The fraction of sp³-hybridized carbons (Fsp3) is 0.200. The molecule has 0 N–H and O–H groups in total. The zero-order chi connectivity index (χ0) is 13.2. The minimum Gasteiger partial charge on any atom is -0.361 e. The Morgan fingerprint density at radius 2 is 1.95 bits per heavy atom. The minimum absolute atomic E-state index is 0.792. The molecule has 3 rings (SSSR count). The summed E-state index contributed by atoms with van der Waals surface area (Å²) >= 11 is 0. The molecule has 19 heavy (non-hydrogen) atoms. The summed E-state index contributed by atoms with van der Waals surface area (Å²) in [6.07, 6.45) is 3.70. The van der Waals surface area contributed by atoms with Crippen molar-refractivity contribution < 1.29 is 4.52 Å². The van der Waals surface area contributed by atoms with Gasteiger partial charge in [0.15, 0.2) is 0 Å². The van der Waals surface area contributed by atoms with Crippen LogP contribution in [0.1, 0.15) is 17.0 Å². The van der Waals surface area contributed by atoms with E-state index in [4.69, 9.17) is 4.52 Å². The van der Waals surface area contributed by atoms with E-state index in [-0.39, 0.29) is 0 Å². The molecule has 0 unspecified atom stereocenters. The third-order valence-corrected chi connectivity index (χ3v) is 3.20. The second-order valence-electron chi connectivity index (χ2n) is 4.59. The van der Waals surface area contributed by atoms with Gasteiger partial charge in [-0.05, 0) is 19.4 Å². The van der Waals surface area contributed by atoms with E-state index in [0.29, 0.717) is 0 Å². The quantitative estimate of drug-likeness (QED) is 0.720. The SMILES string of the molecule is Cc1noc(C)c1-c1cncn1Cc1ccccc1. The number of nitrogens with zero attached hydrogens (tertiary/aromatic N) is 3. The normalized spacial score (nSPS) is 10.8. The Bertz CT molecular complexity index is 663. The third kappa shape index (κ3) is 2.17. The Balaban J connectivity index is 2.00. The molecule has 0 aliphatic heterocycles. The van der Waals surface area contributed by atoms with Crippen molar-refractivity contribution in [3.8, 4) is 11.3 Å². The highest BCUT2D eigenvalue weighted by molar-refractivity contribution is 5.63. The maximum atomic E-state index is 5.23. The zero-order valence-corrected chi connectivity index (χ0v) is 11.0. The summed E-state index contributed by atoms with van der Waals surface area (Å²) in [7, 11) is 0. The molecular weight excluding hydrogens is 238 g/mol. The third-order valence-electron chi connectivity index (χ3n) is 3.20. The van der Waals surface area contributed by atoms with Crippen molar-refractivity contribution in [1.82, 2.24) is 14.7 Å². The summed E-state index contributed by atoms with van der Waals surface area (Å²) in [4.78, 5) is 4.25. The molecule has 0 saturated carbocycles. The van der Waals surface area contributed by atoms with Crippen LogP contribution in [0.4, 0.5) is 0 Å². The van der Waals surface area contributed by atoms with Crippen molar-refractivity contribution in [3.05, 3.63) is 59.9 Å². The number of hydrogen-bond acceptors (Lipinski definition) is 3. The lowest BCUT2D eigenvalue weighted by molar-refractivity contribution is 0.393. The van der Waals surface area contributed by atoms with E-state index in [1.807, 2.05) is 44.6 Å². The molecule has 0 aliphatic carbocycles. The molecule has 0 amide bonds. The highest BCUT2D eigenvalue weighted by Gasteiger charge is 2.15. The van der Waals surface area contributed by atoms with Crippen molar-refractivity contribution in [1.29, 1.82) is 0 Å².